The van der Waals surface area contributed by atoms with Gasteiger partial charge in [-0.25, -0.2) is 4.98 Å². The van der Waals surface area contributed by atoms with Crippen LogP contribution in [-0.2, 0) is 0 Å². The van der Waals surface area contributed by atoms with E-state index in [-0.39, 0.29) is 0 Å². The van der Waals surface area contributed by atoms with Crippen LogP contribution in [0.2, 0.25) is 0 Å². The lowest BCUT2D eigenvalue weighted by atomic mass is 10.0. The summed E-state index contributed by atoms with van der Waals surface area (Å²) in [6, 6.07) is 0. The lowest BCUT2D eigenvalue weighted by molar-refractivity contribution is 0.0249. The highest BCUT2D eigenvalue weighted by atomic mass is 16.3. The standard InChI is InChI=1S/C6H14O2.C3H4N2/c1-5(7)4-6(2,3)8;1-2-5-3-4-1/h5,7-8H,4H2,1-3H3;1-3H,(H,4,5). The molecule has 0 amide bonds. The summed E-state index contributed by atoms with van der Waals surface area (Å²) in [5.74, 6) is 0. The molecule has 76 valence electrons. The number of aromatic nitrogens is 2. The molecule has 0 fully saturated rings. The fraction of sp³-hybridized carbons (Fsp3) is 0.667. The van der Waals surface area contributed by atoms with Crippen LogP contribution < -0.4 is 0 Å². The Bertz CT molecular complexity index is 173. The summed E-state index contributed by atoms with van der Waals surface area (Å²) in [6.45, 7) is 5.03. The van der Waals surface area contributed by atoms with Crippen molar-refractivity contribution >= 4 is 0 Å². The van der Waals surface area contributed by atoms with Gasteiger partial charge in [-0.3, -0.25) is 0 Å². The second kappa shape index (κ2) is 5.72. The predicted octanol–water partition coefficient (Wildman–Crippen LogP) is 0.938. The number of aliphatic hydroxyl groups excluding tert-OH is 1. The van der Waals surface area contributed by atoms with Gasteiger partial charge in [-0.2, -0.15) is 0 Å². The van der Waals surface area contributed by atoms with Crippen LogP contribution in [0.4, 0.5) is 0 Å². The fourth-order valence-electron chi connectivity index (χ4n) is 0.938. The van der Waals surface area contributed by atoms with Crippen LogP contribution in [0.5, 0.6) is 0 Å². The van der Waals surface area contributed by atoms with Gasteiger partial charge in [0.1, 0.15) is 0 Å². The number of nitrogens with zero attached hydrogens (tertiary/aromatic N) is 1. The quantitative estimate of drug-likeness (QED) is 0.643. The fourth-order valence-corrected chi connectivity index (χ4v) is 0.938. The zero-order valence-corrected chi connectivity index (χ0v) is 8.36. The number of aliphatic hydroxyl groups is 2. The van der Waals surface area contributed by atoms with Crippen LogP contribution in [0.25, 0.3) is 0 Å². The van der Waals surface area contributed by atoms with Gasteiger partial charge in [0.25, 0.3) is 0 Å². The molecule has 0 aliphatic carbocycles. The maximum atomic E-state index is 9.03. The van der Waals surface area contributed by atoms with E-state index >= 15 is 0 Å². The Hall–Kier alpha value is -0.870. The summed E-state index contributed by atoms with van der Waals surface area (Å²) in [6.07, 6.45) is 5.11. The SMILES string of the molecule is CC(O)CC(C)(C)O.c1c[nH]cn1. The van der Waals surface area contributed by atoms with Crippen molar-refractivity contribution in [2.24, 2.45) is 0 Å². The van der Waals surface area contributed by atoms with Gasteiger partial charge >= 0.3 is 0 Å². The Morgan fingerprint density at radius 2 is 2.15 bits per heavy atom. The third-order valence-corrected chi connectivity index (χ3v) is 1.20. The van der Waals surface area contributed by atoms with E-state index in [2.05, 4.69) is 9.97 Å². The molecule has 0 radical (unpaired) electrons. The Balaban J connectivity index is 0.000000243. The third-order valence-electron chi connectivity index (χ3n) is 1.20. The van der Waals surface area contributed by atoms with Crippen molar-refractivity contribution in [3.05, 3.63) is 18.7 Å². The van der Waals surface area contributed by atoms with E-state index in [1.54, 1.807) is 39.5 Å². The molecular formula is C9H18N2O2. The van der Waals surface area contributed by atoms with Crippen molar-refractivity contribution in [1.82, 2.24) is 9.97 Å². The summed E-state index contributed by atoms with van der Waals surface area (Å²) in [5.41, 5.74) is -0.728. The summed E-state index contributed by atoms with van der Waals surface area (Å²) >= 11 is 0. The van der Waals surface area contributed by atoms with Gasteiger partial charge in [-0.05, 0) is 20.8 Å². The average molecular weight is 186 g/mol. The second-order valence-corrected chi connectivity index (χ2v) is 3.63. The van der Waals surface area contributed by atoms with E-state index in [1.807, 2.05) is 0 Å². The van der Waals surface area contributed by atoms with E-state index in [0.717, 1.165) is 0 Å². The van der Waals surface area contributed by atoms with Gasteiger partial charge in [-0.15, -0.1) is 0 Å². The molecule has 1 unspecified atom stereocenters. The molecule has 4 heteroatoms. The minimum Gasteiger partial charge on any atom is -0.393 e. The monoisotopic (exact) mass is 186 g/mol. The molecule has 0 aromatic carbocycles. The van der Waals surface area contributed by atoms with Crippen molar-refractivity contribution < 1.29 is 10.2 Å². The maximum Gasteiger partial charge on any atom is 0.0919 e. The molecular weight excluding hydrogens is 168 g/mol. The average Bonchev–Trinajstić information content (AvgIpc) is 2.33. The molecule has 1 rings (SSSR count). The van der Waals surface area contributed by atoms with Crippen LogP contribution in [0.3, 0.4) is 0 Å². The van der Waals surface area contributed by atoms with Crippen LogP contribution in [0.1, 0.15) is 27.2 Å². The van der Waals surface area contributed by atoms with Gasteiger partial charge in [0.15, 0.2) is 0 Å². The smallest absolute Gasteiger partial charge is 0.0919 e. The van der Waals surface area contributed by atoms with Crippen LogP contribution in [0.15, 0.2) is 18.7 Å². The molecule has 0 saturated carbocycles. The molecule has 0 bridgehead atoms. The van der Waals surface area contributed by atoms with Gasteiger partial charge < -0.3 is 15.2 Å². The second-order valence-electron chi connectivity index (χ2n) is 3.63. The van der Waals surface area contributed by atoms with Gasteiger partial charge in [0, 0.05) is 18.8 Å². The zero-order valence-electron chi connectivity index (χ0n) is 8.36. The first-order chi connectivity index (χ1) is 5.92. The molecule has 1 aromatic heterocycles. The normalized spacial score (nSPS) is 13.0. The predicted molar refractivity (Wildman–Crippen MR) is 51.2 cm³/mol. The zero-order chi connectivity index (χ0) is 10.3. The number of hydrogen-bond donors (Lipinski definition) is 3. The Kier molecular flexibility index (Phi) is 5.34. The highest BCUT2D eigenvalue weighted by Gasteiger charge is 2.14. The Morgan fingerprint density at radius 3 is 2.23 bits per heavy atom. The minimum atomic E-state index is -0.728. The Labute approximate surface area is 78.6 Å². The van der Waals surface area contributed by atoms with Crippen molar-refractivity contribution in [2.75, 3.05) is 0 Å². The van der Waals surface area contributed by atoms with Crippen molar-refractivity contribution in [2.45, 2.75) is 38.9 Å². The van der Waals surface area contributed by atoms with E-state index in [9.17, 15) is 0 Å². The van der Waals surface area contributed by atoms with Crippen molar-refractivity contribution in [1.29, 1.82) is 0 Å². The lowest BCUT2D eigenvalue weighted by Crippen LogP contribution is -2.24. The number of rotatable bonds is 2. The number of H-pyrrole nitrogens is 1. The van der Waals surface area contributed by atoms with Gasteiger partial charge in [-0.1, -0.05) is 0 Å². The number of nitrogens with one attached hydrogen (secondary N) is 1. The number of hydrogen-bond acceptors (Lipinski definition) is 3. The molecule has 13 heavy (non-hydrogen) atoms. The molecule has 0 aliphatic rings. The first kappa shape index (κ1) is 12.1. The molecule has 1 atom stereocenters. The van der Waals surface area contributed by atoms with Gasteiger partial charge in [0.05, 0.1) is 18.0 Å². The maximum absolute atomic E-state index is 9.03. The van der Waals surface area contributed by atoms with Crippen molar-refractivity contribution in [3.8, 4) is 0 Å². The van der Waals surface area contributed by atoms with Gasteiger partial charge in [0.2, 0.25) is 0 Å². The molecule has 1 heterocycles. The first-order valence-electron chi connectivity index (χ1n) is 4.25. The minimum absolute atomic E-state index is 0.407. The van der Waals surface area contributed by atoms with E-state index < -0.39 is 11.7 Å². The summed E-state index contributed by atoms with van der Waals surface area (Å²) < 4.78 is 0. The summed E-state index contributed by atoms with van der Waals surface area (Å²) in [4.78, 5) is 6.42. The molecule has 1 aromatic rings. The number of aromatic amines is 1. The van der Waals surface area contributed by atoms with E-state index in [4.69, 9.17) is 10.2 Å². The van der Waals surface area contributed by atoms with E-state index in [0.29, 0.717) is 6.42 Å². The van der Waals surface area contributed by atoms with E-state index in [1.165, 1.54) is 0 Å². The molecule has 3 N–H and O–H groups in total. The Morgan fingerprint density at radius 1 is 1.54 bits per heavy atom. The van der Waals surface area contributed by atoms with Crippen LogP contribution in [-0.4, -0.2) is 31.9 Å². The van der Waals surface area contributed by atoms with Crippen LogP contribution >= 0.6 is 0 Å². The third kappa shape index (κ3) is 11.1. The highest BCUT2D eigenvalue weighted by Crippen LogP contribution is 2.09. The largest absolute Gasteiger partial charge is 0.393 e. The summed E-state index contributed by atoms with van der Waals surface area (Å²) in [5, 5.41) is 17.8. The lowest BCUT2D eigenvalue weighted by Gasteiger charge is -2.17. The molecule has 4 nitrogen and oxygen atoms in total. The molecule has 0 saturated heterocycles. The first-order valence-corrected chi connectivity index (χ1v) is 4.25. The number of imidazole rings is 1. The summed E-state index contributed by atoms with van der Waals surface area (Å²) in [7, 11) is 0. The van der Waals surface area contributed by atoms with Crippen LogP contribution in [0, 0.1) is 0 Å². The highest BCUT2D eigenvalue weighted by molar-refractivity contribution is 4.67. The topological polar surface area (TPSA) is 69.1 Å². The molecule has 0 aliphatic heterocycles. The molecule has 0 spiro atoms. The van der Waals surface area contributed by atoms with Crippen molar-refractivity contribution in [3.63, 3.8) is 0 Å².